The number of nitrogens with zero attached hydrogens (tertiary/aromatic N) is 3. The highest BCUT2D eigenvalue weighted by atomic mass is 19.1. The minimum Gasteiger partial charge on any atom is -0.464 e. The fourth-order valence-electron chi connectivity index (χ4n) is 1.99. The van der Waals surface area contributed by atoms with E-state index in [1.807, 2.05) is 0 Å². The van der Waals surface area contributed by atoms with Gasteiger partial charge in [-0.05, 0) is 36.4 Å². The van der Waals surface area contributed by atoms with Crippen LogP contribution in [0.3, 0.4) is 0 Å². The Morgan fingerprint density at radius 2 is 2.00 bits per heavy atom. The molecule has 20 heavy (non-hydrogen) atoms. The number of carbonyl (C=O) groups is 1. The van der Waals surface area contributed by atoms with E-state index in [4.69, 9.17) is 4.74 Å². The number of carbonyl (C=O) groups excluding carboxylic acids is 1. The highest BCUT2D eigenvalue weighted by Crippen LogP contribution is 2.25. The molecule has 0 saturated heterocycles. The van der Waals surface area contributed by atoms with E-state index >= 15 is 0 Å². The molecule has 5 nitrogen and oxygen atoms in total. The Balaban J connectivity index is 2.31. The smallest absolute Gasteiger partial charge is 0.359 e. The Morgan fingerprint density at radius 3 is 2.70 bits per heavy atom. The fraction of sp³-hybridized carbons (Fsp3) is 0.0714. The number of methoxy groups -OCH3 is 1. The maximum Gasteiger partial charge on any atom is 0.359 e. The van der Waals surface area contributed by atoms with Crippen LogP contribution in [0.25, 0.3) is 16.9 Å². The molecular formula is C14H10FN3O2. The topological polar surface area (TPSA) is 56.5 Å². The van der Waals surface area contributed by atoms with E-state index in [1.54, 1.807) is 30.5 Å². The van der Waals surface area contributed by atoms with E-state index in [0.717, 1.165) is 0 Å². The second kappa shape index (κ2) is 4.73. The Hall–Kier alpha value is -2.76. The molecule has 0 radical (unpaired) electrons. The zero-order valence-corrected chi connectivity index (χ0v) is 10.6. The van der Waals surface area contributed by atoms with E-state index in [-0.39, 0.29) is 11.5 Å². The average molecular weight is 271 g/mol. The van der Waals surface area contributed by atoms with Crippen LogP contribution >= 0.6 is 0 Å². The molecule has 0 amide bonds. The lowest BCUT2D eigenvalue weighted by Gasteiger charge is -2.03. The highest BCUT2D eigenvalue weighted by molar-refractivity contribution is 5.95. The van der Waals surface area contributed by atoms with Gasteiger partial charge in [0.1, 0.15) is 11.5 Å². The molecule has 1 aromatic carbocycles. The third-order valence-corrected chi connectivity index (χ3v) is 2.89. The van der Waals surface area contributed by atoms with Crippen molar-refractivity contribution in [2.75, 3.05) is 7.11 Å². The third-order valence-electron chi connectivity index (χ3n) is 2.89. The number of aromatic nitrogens is 3. The first-order chi connectivity index (χ1) is 9.70. The van der Waals surface area contributed by atoms with E-state index in [0.29, 0.717) is 16.9 Å². The van der Waals surface area contributed by atoms with Gasteiger partial charge in [-0.3, -0.25) is 0 Å². The Morgan fingerprint density at radius 1 is 1.25 bits per heavy atom. The molecule has 3 rings (SSSR count). The van der Waals surface area contributed by atoms with Crippen LogP contribution in [0.15, 0.2) is 42.6 Å². The maximum absolute atomic E-state index is 13.0. The van der Waals surface area contributed by atoms with Gasteiger partial charge < -0.3 is 4.74 Å². The van der Waals surface area contributed by atoms with Crippen molar-refractivity contribution in [3.63, 3.8) is 0 Å². The number of halogens is 1. The Kier molecular flexibility index (Phi) is 2.90. The van der Waals surface area contributed by atoms with Gasteiger partial charge in [0, 0.05) is 11.8 Å². The first-order valence-electron chi connectivity index (χ1n) is 5.88. The summed E-state index contributed by atoms with van der Waals surface area (Å²) in [5.74, 6) is -0.912. The summed E-state index contributed by atoms with van der Waals surface area (Å²) in [7, 11) is 1.29. The number of esters is 1. The summed E-state index contributed by atoms with van der Waals surface area (Å²) < 4.78 is 19.3. The number of fused-ring (bicyclic) bond motifs is 1. The molecule has 3 aromatic rings. The van der Waals surface area contributed by atoms with Gasteiger partial charge in [-0.25, -0.2) is 18.7 Å². The quantitative estimate of drug-likeness (QED) is 0.671. The van der Waals surface area contributed by atoms with Crippen LogP contribution < -0.4 is 0 Å². The van der Waals surface area contributed by atoms with Crippen molar-refractivity contribution in [1.82, 2.24) is 14.6 Å². The Bertz CT molecular complexity index is 781. The van der Waals surface area contributed by atoms with Crippen molar-refractivity contribution in [2.24, 2.45) is 0 Å². The SMILES string of the molecule is COC(=O)c1nc2cccnn2c1-c1ccc(F)cc1. The van der Waals surface area contributed by atoms with Gasteiger partial charge in [-0.2, -0.15) is 5.10 Å². The van der Waals surface area contributed by atoms with Crippen molar-refractivity contribution in [2.45, 2.75) is 0 Å². The predicted molar refractivity (Wildman–Crippen MR) is 69.7 cm³/mol. The summed E-state index contributed by atoms with van der Waals surface area (Å²) in [4.78, 5) is 16.1. The molecule has 100 valence electrons. The molecule has 0 aliphatic rings. The molecule has 2 aromatic heterocycles. The molecule has 0 aliphatic carbocycles. The summed E-state index contributed by atoms with van der Waals surface area (Å²) in [6, 6.07) is 9.22. The molecule has 0 unspecified atom stereocenters. The lowest BCUT2D eigenvalue weighted by Crippen LogP contribution is -2.04. The first-order valence-corrected chi connectivity index (χ1v) is 5.88. The van der Waals surface area contributed by atoms with Gasteiger partial charge in [0.25, 0.3) is 0 Å². The summed E-state index contributed by atoms with van der Waals surface area (Å²) >= 11 is 0. The van der Waals surface area contributed by atoms with Crippen molar-refractivity contribution in [3.8, 4) is 11.3 Å². The molecule has 0 saturated carbocycles. The highest BCUT2D eigenvalue weighted by Gasteiger charge is 2.21. The van der Waals surface area contributed by atoms with Crippen molar-refractivity contribution in [3.05, 3.63) is 54.1 Å². The number of imidazole rings is 1. The molecule has 0 aliphatic heterocycles. The molecule has 6 heteroatoms. The van der Waals surface area contributed by atoms with Gasteiger partial charge in [0.05, 0.1) is 7.11 Å². The lowest BCUT2D eigenvalue weighted by molar-refractivity contribution is 0.0595. The maximum atomic E-state index is 13.0. The normalized spacial score (nSPS) is 10.7. The molecule has 0 spiro atoms. The zero-order valence-electron chi connectivity index (χ0n) is 10.6. The van der Waals surface area contributed by atoms with Gasteiger partial charge in [0.2, 0.25) is 0 Å². The van der Waals surface area contributed by atoms with Crippen molar-refractivity contribution < 1.29 is 13.9 Å². The van der Waals surface area contributed by atoms with E-state index < -0.39 is 5.97 Å². The van der Waals surface area contributed by atoms with Crippen LogP contribution in [-0.4, -0.2) is 27.7 Å². The van der Waals surface area contributed by atoms with Gasteiger partial charge in [-0.15, -0.1) is 0 Å². The minimum atomic E-state index is -0.560. The van der Waals surface area contributed by atoms with Crippen LogP contribution in [-0.2, 0) is 4.74 Å². The monoisotopic (exact) mass is 271 g/mol. The van der Waals surface area contributed by atoms with E-state index in [2.05, 4.69) is 10.1 Å². The number of hydrogen-bond acceptors (Lipinski definition) is 4. The second-order valence-electron chi connectivity index (χ2n) is 4.10. The van der Waals surface area contributed by atoms with Crippen LogP contribution in [0, 0.1) is 5.82 Å². The van der Waals surface area contributed by atoms with Crippen LogP contribution in [0.2, 0.25) is 0 Å². The summed E-state index contributed by atoms with van der Waals surface area (Å²) in [5, 5.41) is 4.17. The zero-order chi connectivity index (χ0) is 14.1. The van der Waals surface area contributed by atoms with E-state index in [9.17, 15) is 9.18 Å². The lowest BCUT2D eigenvalue weighted by atomic mass is 10.1. The van der Waals surface area contributed by atoms with Crippen LogP contribution in [0.5, 0.6) is 0 Å². The molecule has 0 N–H and O–H groups in total. The fourth-order valence-corrected chi connectivity index (χ4v) is 1.99. The second-order valence-corrected chi connectivity index (χ2v) is 4.10. The summed E-state index contributed by atoms with van der Waals surface area (Å²) in [6.45, 7) is 0. The Labute approximate surface area is 113 Å². The van der Waals surface area contributed by atoms with Crippen LogP contribution in [0.1, 0.15) is 10.5 Å². The van der Waals surface area contributed by atoms with Gasteiger partial charge in [-0.1, -0.05) is 0 Å². The summed E-state index contributed by atoms with van der Waals surface area (Å²) in [6.07, 6.45) is 1.59. The average Bonchev–Trinajstić information content (AvgIpc) is 2.87. The molecule has 0 fully saturated rings. The standard InChI is InChI=1S/C14H10FN3O2/c1-20-14(19)12-13(9-4-6-10(15)7-5-9)18-11(17-12)3-2-8-16-18/h2-8H,1H3. The van der Waals surface area contributed by atoms with E-state index in [1.165, 1.54) is 23.8 Å². The predicted octanol–water partition coefficient (Wildman–Crippen LogP) is 2.32. The molecule has 2 heterocycles. The largest absolute Gasteiger partial charge is 0.464 e. The number of rotatable bonds is 2. The number of hydrogen-bond donors (Lipinski definition) is 0. The number of benzene rings is 1. The summed E-state index contributed by atoms with van der Waals surface area (Å²) in [5.41, 5.74) is 1.79. The molecule has 0 atom stereocenters. The molecule has 0 bridgehead atoms. The number of ether oxygens (including phenoxy) is 1. The third kappa shape index (κ3) is 1.91. The minimum absolute atomic E-state index is 0.151. The van der Waals surface area contributed by atoms with Gasteiger partial charge >= 0.3 is 5.97 Å². The molecular weight excluding hydrogens is 261 g/mol. The van der Waals surface area contributed by atoms with Gasteiger partial charge in [0.15, 0.2) is 11.3 Å². The van der Waals surface area contributed by atoms with Crippen molar-refractivity contribution >= 4 is 11.6 Å². The van der Waals surface area contributed by atoms with Crippen molar-refractivity contribution in [1.29, 1.82) is 0 Å². The van der Waals surface area contributed by atoms with Crippen LogP contribution in [0.4, 0.5) is 4.39 Å². The first kappa shape index (κ1) is 12.3.